The molecule has 0 radical (unpaired) electrons. The summed E-state index contributed by atoms with van der Waals surface area (Å²) in [7, 11) is 0. The SMILES string of the molecule is N[C@@H]1C(=O)N(CCO)c2ccccc2-c2ccccc21. The molecule has 4 nitrogen and oxygen atoms in total. The molecular weight excluding hydrogens is 252 g/mol. The summed E-state index contributed by atoms with van der Waals surface area (Å²) in [5, 5.41) is 9.22. The molecule has 0 bridgehead atoms. The molecule has 1 amide bonds. The largest absolute Gasteiger partial charge is 0.395 e. The van der Waals surface area contributed by atoms with Crippen molar-refractivity contribution in [2.75, 3.05) is 18.1 Å². The number of anilines is 1. The second-order valence-electron chi connectivity index (χ2n) is 4.80. The Morgan fingerprint density at radius 2 is 1.70 bits per heavy atom. The zero-order chi connectivity index (χ0) is 14.1. The minimum Gasteiger partial charge on any atom is -0.395 e. The number of hydrogen-bond acceptors (Lipinski definition) is 3. The van der Waals surface area contributed by atoms with Gasteiger partial charge in [-0.05, 0) is 17.2 Å². The lowest BCUT2D eigenvalue weighted by molar-refractivity contribution is -0.120. The van der Waals surface area contributed by atoms with E-state index in [0.29, 0.717) is 0 Å². The molecule has 0 unspecified atom stereocenters. The van der Waals surface area contributed by atoms with Crippen LogP contribution < -0.4 is 10.6 Å². The highest BCUT2D eigenvalue weighted by atomic mass is 16.3. The number of benzene rings is 2. The molecule has 1 heterocycles. The summed E-state index contributed by atoms with van der Waals surface area (Å²) in [5.74, 6) is -0.184. The summed E-state index contributed by atoms with van der Waals surface area (Å²) in [5.41, 5.74) is 9.69. The topological polar surface area (TPSA) is 66.6 Å². The molecule has 0 saturated carbocycles. The summed E-state index contributed by atoms with van der Waals surface area (Å²) in [6.07, 6.45) is 0. The molecule has 0 fully saturated rings. The Kier molecular flexibility index (Phi) is 3.26. The van der Waals surface area contributed by atoms with Gasteiger partial charge in [-0.25, -0.2) is 0 Å². The van der Waals surface area contributed by atoms with Gasteiger partial charge in [-0.3, -0.25) is 4.79 Å². The van der Waals surface area contributed by atoms with Crippen molar-refractivity contribution in [3.8, 4) is 11.1 Å². The van der Waals surface area contributed by atoms with Crippen LogP contribution in [0.15, 0.2) is 48.5 Å². The number of hydrogen-bond donors (Lipinski definition) is 2. The van der Waals surface area contributed by atoms with Gasteiger partial charge >= 0.3 is 0 Å². The number of carbonyl (C=O) groups is 1. The first kappa shape index (κ1) is 12.8. The first-order valence-electron chi connectivity index (χ1n) is 6.60. The Morgan fingerprint density at radius 3 is 2.45 bits per heavy atom. The molecule has 102 valence electrons. The van der Waals surface area contributed by atoms with Gasteiger partial charge in [-0.2, -0.15) is 0 Å². The van der Waals surface area contributed by atoms with Gasteiger partial charge in [-0.15, -0.1) is 0 Å². The predicted octanol–water partition coefficient (Wildman–Crippen LogP) is 1.69. The molecule has 0 aliphatic carbocycles. The maximum absolute atomic E-state index is 12.6. The monoisotopic (exact) mass is 268 g/mol. The third-order valence-corrected chi connectivity index (χ3v) is 3.64. The second-order valence-corrected chi connectivity index (χ2v) is 4.80. The first-order chi connectivity index (χ1) is 9.74. The van der Waals surface area contributed by atoms with Crippen LogP contribution in [0.2, 0.25) is 0 Å². The van der Waals surface area contributed by atoms with E-state index in [1.165, 1.54) is 0 Å². The van der Waals surface area contributed by atoms with Crippen molar-refractivity contribution in [2.24, 2.45) is 5.73 Å². The Balaban J connectivity index is 2.28. The number of nitrogens with zero attached hydrogens (tertiary/aromatic N) is 1. The van der Waals surface area contributed by atoms with Crippen molar-refractivity contribution in [1.29, 1.82) is 0 Å². The highest BCUT2D eigenvalue weighted by Crippen LogP contribution is 2.38. The molecule has 20 heavy (non-hydrogen) atoms. The molecule has 0 saturated heterocycles. The van der Waals surface area contributed by atoms with Gasteiger partial charge in [0.05, 0.1) is 12.3 Å². The molecule has 3 N–H and O–H groups in total. The van der Waals surface area contributed by atoms with Crippen LogP contribution in [0.3, 0.4) is 0 Å². The van der Waals surface area contributed by atoms with Gasteiger partial charge in [0.2, 0.25) is 5.91 Å². The van der Waals surface area contributed by atoms with E-state index in [4.69, 9.17) is 5.73 Å². The normalized spacial score (nSPS) is 17.4. The summed E-state index contributed by atoms with van der Waals surface area (Å²) >= 11 is 0. The third-order valence-electron chi connectivity index (χ3n) is 3.64. The van der Waals surface area contributed by atoms with E-state index < -0.39 is 6.04 Å². The maximum atomic E-state index is 12.6. The Hall–Kier alpha value is -2.17. The first-order valence-corrected chi connectivity index (χ1v) is 6.60. The van der Waals surface area contributed by atoms with Gasteiger partial charge in [0, 0.05) is 12.1 Å². The smallest absolute Gasteiger partial charge is 0.248 e. The Bertz CT molecular complexity index is 654. The van der Waals surface area contributed by atoms with Crippen molar-refractivity contribution in [3.63, 3.8) is 0 Å². The number of aliphatic hydroxyl groups is 1. The van der Waals surface area contributed by atoms with Crippen molar-refractivity contribution in [1.82, 2.24) is 0 Å². The number of amides is 1. The molecule has 1 aliphatic heterocycles. The van der Waals surface area contributed by atoms with Crippen LogP contribution in [0, 0.1) is 0 Å². The van der Waals surface area contributed by atoms with Crippen molar-refractivity contribution >= 4 is 11.6 Å². The van der Waals surface area contributed by atoms with Gasteiger partial charge < -0.3 is 15.7 Å². The maximum Gasteiger partial charge on any atom is 0.248 e. The molecular formula is C16H16N2O2. The van der Waals surface area contributed by atoms with Crippen LogP contribution in [-0.4, -0.2) is 24.2 Å². The number of nitrogens with two attached hydrogens (primary N) is 1. The molecule has 0 aromatic heterocycles. The van der Waals surface area contributed by atoms with Crippen LogP contribution in [0.5, 0.6) is 0 Å². The molecule has 2 aromatic carbocycles. The zero-order valence-corrected chi connectivity index (χ0v) is 11.0. The number of para-hydroxylation sites is 1. The number of aliphatic hydroxyl groups excluding tert-OH is 1. The molecule has 3 rings (SSSR count). The van der Waals surface area contributed by atoms with Crippen LogP contribution in [-0.2, 0) is 4.79 Å². The van der Waals surface area contributed by atoms with E-state index in [0.717, 1.165) is 22.4 Å². The van der Waals surface area contributed by atoms with Crippen LogP contribution in [0.1, 0.15) is 11.6 Å². The van der Waals surface area contributed by atoms with Crippen LogP contribution in [0.4, 0.5) is 5.69 Å². The number of rotatable bonds is 2. The molecule has 2 aromatic rings. The number of fused-ring (bicyclic) bond motifs is 3. The van der Waals surface area contributed by atoms with Gasteiger partial charge in [0.1, 0.15) is 6.04 Å². The van der Waals surface area contributed by atoms with E-state index in [2.05, 4.69) is 0 Å². The highest BCUT2D eigenvalue weighted by Gasteiger charge is 2.30. The van der Waals surface area contributed by atoms with E-state index in [-0.39, 0.29) is 19.1 Å². The summed E-state index contributed by atoms with van der Waals surface area (Å²) in [6.45, 7) is 0.153. The lowest BCUT2D eigenvalue weighted by Crippen LogP contribution is -2.39. The van der Waals surface area contributed by atoms with Crippen molar-refractivity contribution in [3.05, 3.63) is 54.1 Å². The third kappa shape index (κ3) is 1.90. The van der Waals surface area contributed by atoms with Crippen LogP contribution in [0.25, 0.3) is 11.1 Å². The summed E-state index contributed by atoms with van der Waals surface area (Å²) < 4.78 is 0. The van der Waals surface area contributed by atoms with E-state index in [1.54, 1.807) is 4.90 Å². The lowest BCUT2D eigenvalue weighted by atomic mass is 9.96. The zero-order valence-electron chi connectivity index (χ0n) is 11.0. The molecule has 1 aliphatic rings. The van der Waals surface area contributed by atoms with E-state index >= 15 is 0 Å². The lowest BCUT2D eigenvalue weighted by Gasteiger charge is -2.23. The second kappa shape index (κ2) is 5.07. The predicted molar refractivity (Wildman–Crippen MR) is 78.2 cm³/mol. The minimum absolute atomic E-state index is 0.0941. The fourth-order valence-corrected chi connectivity index (χ4v) is 2.70. The van der Waals surface area contributed by atoms with Crippen molar-refractivity contribution in [2.45, 2.75) is 6.04 Å². The summed E-state index contributed by atoms with van der Waals surface area (Å²) in [4.78, 5) is 14.1. The molecule has 1 atom stereocenters. The quantitative estimate of drug-likeness (QED) is 0.871. The number of β-amino-alcohol motifs (C(OH)–C–C–N with tert-alkyl or cyclic N) is 1. The van der Waals surface area contributed by atoms with Gasteiger partial charge in [0.25, 0.3) is 0 Å². The average molecular weight is 268 g/mol. The highest BCUT2D eigenvalue weighted by molar-refractivity contribution is 6.04. The van der Waals surface area contributed by atoms with Crippen molar-refractivity contribution < 1.29 is 9.90 Å². The van der Waals surface area contributed by atoms with Crippen LogP contribution >= 0.6 is 0 Å². The molecule has 0 spiro atoms. The fourth-order valence-electron chi connectivity index (χ4n) is 2.70. The molecule has 4 heteroatoms. The van der Waals surface area contributed by atoms with E-state index in [1.807, 2.05) is 48.5 Å². The number of carbonyl (C=O) groups excluding carboxylic acids is 1. The van der Waals surface area contributed by atoms with Gasteiger partial charge in [-0.1, -0.05) is 42.5 Å². The average Bonchev–Trinajstić information content (AvgIpc) is 2.58. The fraction of sp³-hybridized carbons (Fsp3) is 0.188. The standard InChI is InChI=1S/C16H16N2O2/c17-15-13-7-2-1-5-11(13)12-6-3-4-8-14(12)18(9-10-19)16(15)20/h1-8,15,19H,9-10,17H2/t15-/m0/s1. The van der Waals surface area contributed by atoms with E-state index in [9.17, 15) is 9.90 Å². The Labute approximate surface area is 117 Å². The summed E-state index contributed by atoms with van der Waals surface area (Å²) in [6, 6.07) is 14.7. The Morgan fingerprint density at radius 1 is 1.05 bits per heavy atom. The minimum atomic E-state index is -0.704. The van der Waals surface area contributed by atoms with Gasteiger partial charge in [0.15, 0.2) is 0 Å².